The summed E-state index contributed by atoms with van der Waals surface area (Å²) in [5.41, 5.74) is 7.03. The maximum atomic E-state index is 14.1. The van der Waals surface area contributed by atoms with E-state index in [4.69, 9.17) is 4.98 Å². The predicted molar refractivity (Wildman–Crippen MR) is 300 cm³/mol. The van der Waals surface area contributed by atoms with Crippen molar-refractivity contribution < 1.29 is 29.4 Å². The van der Waals surface area contributed by atoms with E-state index in [1.807, 2.05) is 30.3 Å². The van der Waals surface area contributed by atoms with Crippen LogP contribution in [0, 0.1) is 5.41 Å². The number of anilines is 7. The number of piperazine rings is 1. The van der Waals surface area contributed by atoms with Crippen LogP contribution in [0.2, 0.25) is 0 Å². The Bertz CT molecular complexity index is 3520. The number of aromatic nitrogens is 5. The van der Waals surface area contributed by atoms with E-state index < -0.39 is 29.6 Å². The number of imide groups is 1. The lowest BCUT2D eigenvalue weighted by molar-refractivity contribution is -0.111. The van der Waals surface area contributed by atoms with Crippen molar-refractivity contribution in [2.45, 2.75) is 104 Å². The topological polar surface area (TPSA) is 215 Å². The molecule has 3 atom stereocenters. The van der Waals surface area contributed by atoms with Crippen LogP contribution >= 0.6 is 0 Å². The highest BCUT2D eigenvalue weighted by molar-refractivity contribution is 6.34. The van der Waals surface area contributed by atoms with Gasteiger partial charge in [0.05, 0.1) is 46.2 Å². The maximum Gasteiger partial charge on any atom is 0.293 e. The molecular formula is C59H66N12O7. The Hall–Kier alpha value is -8.00. The van der Waals surface area contributed by atoms with Gasteiger partial charge in [-0.15, -0.1) is 0 Å². The summed E-state index contributed by atoms with van der Waals surface area (Å²) in [6, 6.07) is 18.5. The maximum absolute atomic E-state index is 14.1. The molecule has 11 rings (SSSR count). The standard InChI is InChI=1S/C59H66N12O7/c1-9-51(73)63-45-26-37(62-52-57(77)65(8)32-46(64-52)41-15-18-61-53(44(41)33-72)70-23-22-69-48(56(70)76)25-36-29-58(4,5)30-49(36)69)10-13-47(45)68-21-20-66(31-35(68)3)38-16-19-67(34(2)24-38)39-11-12-42-43(27-39)55(75)71(54(42)74)40-14-17-60-50(28-40)59(6,7)78/h9-15,17-18,25-28,32,34-35,38,72,78H,1,16,19-24,29-31,33H2,2-8H3,(H,62,64)(H,63,73)/t34-,35-,38?/m0/s1. The van der Waals surface area contributed by atoms with E-state index >= 15 is 0 Å². The van der Waals surface area contributed by atoms with Gasteiger partial charge in [-0.3, -0.25) is 38.8 Å². The summed E-state index contributed by atoms with van der Waals surface area (Å²) in [6.45, 7) is 19.3. The normalized spacial score (nSPS) is 20.2. The minimum absolute atomic E-state index is 0.0206. The highest BCUT2D eigenvalue weighted by atomic mass is 16.3. The summed E-state index contributed by atoms with van der Waals surface area (Å²) in [5.74, 6) is -1.01. The van der Waals surface area contributed by atoms with Crippen molar-refractivity contribution >= 4 is 63.7 Å². The summed E-state index contributed by atoms with van der Waals surface area (Å²) in [7, 11) is 1.63. The minimum Gasteiger partial charge on any atom is -0.392 e. The van der Waals surface area contributed by atoms with Gasteiger partial charge in [0, 0.05) is 111 Å². The first-order chi connectivity index (χ1) is 37.2. The smallest absolute Gasteiger partial charge is 0.293 e. The predicted octanol–water partition coefficient (Wildman–Crippen LogP) is 6.78. The summed E-state index contributed by atoms with van der Waals surface area (Å²) < 4.78 is 3.55. The summed E-state index contributed by atoms with van der Waals surface area (Å²) in [4.78, 5) is 91.8. The van der Waals surface area contributed by atoms with Crippen molar-refractivity contribution in [1.82, 2.24) is 29.0 Å². The molecule has 4 aliphatic heterocycles. The Morgan fingerprint density at radius 3 is 2.37 bits per heavy atom. The van der Waals surface area contributed by atoms with Crippen molar-refractivity contribution in [3.8, 4) is 11.3 Å². The minimum atomic E-state index is -1.25. The monoisotopic (exact) mass is 1050 g/mol. The molecule has 2 aromatic carbocycles. The highest BCUT2D eigenvalue weighted by Gasteiger charge is 2.41. The molecule has 1 aliphatic carbocycles. The number of hydrogen-bond acceptors (Lipinski definition) is 14. The third kappa shape index (κ3) is 9.32. The van der Waals surface area contributed by atoms with Crippen molar-refractivity contribution in [3.05, 3.63) is 142 Å². The Morgan fingerprint density at radius 2 is 1.63 bits per heavy atom. The van der Waals surface area contributed by atoms with Gasteiger partial charge in [0.1, 0.15) is 17.1 Å². The number of benzene rings is 2. The molecular weight excluding hydrogens is 989 g/mol. The molecule has 1 unspecified atom stereocenters. The number of pyridine rings is 2. The molecule has 6 aromatic rings. The van der Waals surface area contributed by atoms with Gasteiger partial charge in [-0.2, -0.15) is 0 Å². The number of aliphatic hydroxyl groups excluding tert-OH is 1. The zero-order valence-corrected chi connectivity index (χ0v) is 45.2. The molecule has 5 aliphatic rings. The third-order valence-corrected chi connectivity index (χ3v) is 16.3. The van der Waals surface area contributed by atoms with Gasteiger partial charge in [0.2, 0.25) is 5.91 Å². The average Bonchev–Trinajstić information content (AvgIpc) is 4.23. The van der Waals surface area contributed by atoms with Gasteiger partial charge < -0.3 is 39.8 Å². The molecule has 0 spiro atoms. The van der Waals surface area contributed by atoms with Gasteiger partial charge in [0.25, 0.3) is 23.3 Å². The fourth-order valence-corrected chi connectivity index (χ4v) is 12.4. The van der Waals surface area contributed by atoms with Gasteiger partial charge in [-0.25, -0.2) is 14.9 Å². The van der Waals surface area contributed by atoms with Crippen LogP contribution < -0.4 is 35.8 Å². The second-order valence-electron chi connectivity index (χ2n) is 22.8. The van der Waals surface area contributed by atoms with Crippen LogP contribution in [0.4, 0.5) is 40.1 Å². The second-order valence-corrected chi connectivity index (χ2v) is 22.8. The Kier molecular flexibility index (Phi) is 13.2. The lowest BCUT2D eigenvalue weighted by Gasteiger charge is -2.48. The number of hydrogen-bond donors (Lipinski definition) is 4. The van der Waals surface area contributed by atoms with Crippen LogP contribution in [0.1, 0.15) is 108 Å². The van der Waals surface area contributed by atoms with Crippen molar-refractivity contribution in [2.75, 3.05) is 63.0 Å². The number of fused-ring (bicyclic) bond motifs is 4. The van der Waals surface area contributed by atoms with E-state index in [9.17, 15) is 34.2 Å². The highest BCUT2D eigenvalue weighted by Crippen LogP contribution is 2.41. The zero-order valence-electron chi connectivity index (χ0n) is 45.2. The molecule has 2 saturated heterocycles. The fourth-order valence-electron chi connectivity index (χ4n) is 12.4. The zero-order chi connectivity index (χ0) is 55.1. The molecule has 4 amide bonds. The molecule has 0 radical (unpaired) electrons. The average molecular weight is 1060 g/mol. The first kappa shape index (κ1) is 52.1. The number of nitrogens with zero attached hydrogens (tertiary/aromatic N) is 10. The van der Waals surface area contributed by atoms with Crippen LogP contribution in [-0.2, 0) is 43.4 Å². The fraction of sp³-hybridized carbons (Fsp3) is 0.390. The Balaban J connectivity index is 0.773. The van der Waals surface area contributed by atoms with Crippen molar-refractivity contribution in [3.63, 3.8) is 0 Å². The van der Waals surface area contributed by atoms with E-state index in [0.29, 0.717) is 87.9 Å². The van der Waals surface area contributed by atoms with E-state index in [2.05, 4.69) is 74.1 Å². The van der Waals surface area contributed by atoms with Crippen LogP contribution in [0.5, 0.6) is 0 Å². The van der Waals surface area contributed by atoms with Gasteiger partial charge in [-0.1, -0.05) is 20.4 Å². The number of nitrogens with one attached hydrogen (secondary N) is 2. The molecule has 2 fully saturated rings. The summed E-state index contributed by atoms with van der Waals surface area (Å²) >= 11 is 0. The number of carbonyl (C=O) groups is 4. The lowest BCUT2D eigenvalue weighted by atomic mass is 9.90. The van der Waals surface area contributed by atoms with Crippen LogP contribution in [-0.4, -0.2) is 114 Å². The van der Waals surface area contributed by atoms with E-state index in [1.165, 1.54) is 28.1 Å². The number of aryl methyl sites for hydroxylation is 1. The van der Waals surface area contributed by atoms with Gasteiger partial charge >= 0.3 is 0 Å². The van der Waals surface area contributed by atoms with Crippen LogP contribution in [0.25, 0.3) is 11.3 Å². The van der Waals surface area contributed by atoms with E-state index in [1.54, 1.807) is 68.5 Å². The Labute approximate surface area is 452 Å². The molecule has 8 heterocycles. The van der Waals surface area contributed by atoms with Crippen molar-refractivity contribution in [1.29, 1.82) is 0 Å². The SMILES string of the molecule is C=CC(=O)Nc1cc(Nc2nc(-c3ccnc(N4CCn5c(cc6c5CC(C)(C)C6)C4=O)c3CO)cn(C)c2=O)ccc1N1CCN(C2CCN(c3ccc4c(c3)C(=O)N(c3ccnc(C(C)(C)O)c3)C4=O)[C@@H](C)C2)C[C@@H]1C. The van der Waals surface area contributed by atoms with Crippen LogP contribution in [0.15, 0.2) is 96.7 Å². The van der Waals surface area contributed by atoms with E-state index in [0.717, 1.165) is 61.6 Å². The van der Waals surface area contributed by atoms with Gasteiger partial charge in [0.15, 0.2) is 5.82 Å². The third-order valence-electron chi connectivity index (χ3n) is 16.3. The molecule has 4 N–H and O–H groups in total. The molecule has 0 bridgehead atoms. The quantitative estimate of drug-likeness (QED) is 0.0735. The molecule has 404 valence electrons. The van der Waals surface area contributed by atoms with E-state index in [-0.39, 0.29) is 35.1 Å². The number of rotatable bonds is 12. The number of amides is 4. The molecule has 4 aromatic heterocycles. The summed E-state index contributed by atoms with van der Waals surface area (Å²) in [6.07, 6.45) is 9.52. The first-order valence-electron chi connectivity index (χ1n) is 26.8. The van der Waals surface area contributed by atoms with Crippen LogP contribution in [0.3, 0.4) is 0 Å². The van der Waals surface area contributed by atoms with Gasteiger partial charge in [-0.05, 0) is 131 Å². The molecule has 0 saturated carbocycles. The molecule has 78 heavy (non-hydrogen) atoms. The second kappa shape index (κ2) is 19.8. The van der Waals surface area contributed by atoms with Crippen molar-refractivity contribution in [2.24, 2.45) is 12.5 Å². The molecule has 19 nitrogen and oxygen atoms in total. The largest absolute Gasteiger partial charge is 0.392 e. The number of piperidine rings is 1. The molecule has 19 heteroatoms. The summed E-state index contributed by atoms with van der Waals surface area (Å²) in [5, 5.41) is 27.6. The number of carbonyl (C=O) groups excluding carboxylic acids is 4. The lowest BCUT2D eigenvalue weighted by Crippen LogP contribution is -2.58. The Morgan fingerprint density at radius 1 is 0.846 bits per heavy atom. The number of aliphatic hydroxyl groups is 2. The first-order valence-corrected chi connectivity index (χ1v) is 26.8.